The third-order valence-electron chi connectivity index (χ3n) is 2.72. The van der Waals surface area contributed by atoms with E-state index in [4.69, 9.17) is 0 Å². The first kappa shape index (κ1) is 9.50. The van der Waals surface area contributed by atoms with E-state index < -0.39 is 7.12 Å². The fourth-order valence-corrected chi connectivity index (χ4v) is 1.99. The molecule has 0 saturated heterocycles. The molecule has 0 spiro atoms. The van der Waals surface area contributed by atoms with E-state index in [0.29, 0.717) is 11.4 Å². The lowest BCUT2D eigenvalue weighted by Crippen LogP contribution is -2.33. The zero-order valence-electron chi connectivity index (χ0n) is 7.93. The fourth-order valence-electron chi connectivity index (χ4n) is 1.99. The molecule has 3 heteroatoms. The first-order valence-corrected chi connectivity index (χ1v) is 4.89. The van der Waals surface area contributed by atoms with Crippen LogP contribution in [-0.2, 0) is 0 Å². The third-order valence-corrected chi connectivity index (χ3v) is 2.72. The SMILES string of the molecule is OB(O)c1ccccc1C1CC=CC1. The minimum atomic E-state index is -1.35. The Hall–Kier alpha value is -1.06. The van der Waals surface area contributed by atoms with Gasteiger partial charge in [0.2, 0.25) is 0 Å². The Labute approximate surface area is 84.0 Å². The van der Waals surface area contributed by atoms with Crippen LogP contribution in [0, 0.1) is 0 Å². The summed E-state index contributed by atoms with van der Waals surface area (Å²) < 4.78 is 0. The Kier molecular flexibility index (Phi) is 2.70. The Bertz CT molecular complexity index is 339. The van der Waals surface area contributed by atoms with E-state index >= 15 is 0 Å². The van der Waals surface area contributed by atoms with Gasteiger partial charge in [-0.15, -0.1) is 0 Å². The van der Waals surface area contributed by atoms with Crippen molar-refractivity contribution in [1.29, 1.82) is 0 Å². The van der Waals surface area contributed by atoms with Gasteiger partial charge in [-0.3, -0.25) is 0 Å². The van der Waals surface area contributed by atoms with Crippen molar-refractivity contribution < 1.29 is 10.0 Å². The van der Waals surface area contributed by atoms with Crippen molar-refractivity contribution in [2.75, 3.05) is 0 Å². The molecule has 0 bridgehead atoms. The number of hydrogen-bond donors (Lipinski definition) is 2. The highest BCUT2D eigenvalue weighted by Crippen LogP contribution is 2.27. The second kappa shape index (κ2) is 3.99. The maximum atomic E-state index is 9.20. The van der Waals surface area contributed by atoms with Crippen LogP contribution in [0.2, 0.25) is 0 Å². The van der Waals surface area contributed by atoms with Crippen LogP contribution in [-0.4, -0.2) is 17.2 Å². The van der Waals surface area contributed by atoms with Gasteiger partial charge in [0.05, 0.1) is 0 Å². The van der Waals surface area contributed by atoms with Gasteiger partial charge in [-0.05, 0) is 29.8 Å². The zero-order chi connectivity index (χ0) is 9.97. The van der Waals surface area contributed by atoms with Crippen molar-refractivity contribution in [2.24, 2.45) is 0 Å². The summed E-state index contributed by atoms with van der Waals surface area (Å²) >= 11 is 0. The molecular formula is C11H13BO2. The molecule has 0 amide bonds. The second-order valence-electron chi connectivity index (χ2n) is 3.64. The Balaban J connectivity index is 2.31. The Morgan fingerprint density at radius 3 is 2.36 bits per heavy atom. The van der Waals surface area contributed by atoms with Crippen molar-refractivity contribution in [3.63, 3.8) is 0 Å². The van der Waals surface area contributed by atoms with Gasteiger partial charge in [-0.25, -0.2) is 0 Å². The fraction of sp³-hybridized carbons (Fsp3) is 0.273. The molecule has 14 heavy (non-hydrogen) atoms. The van der Waals surface area contributed by atoms with Crippen LogP contribution < -0.4 is 5.46 Å². The number of hydrogen-bond acceptors (Lipinski definition) is 2. The summed E-state index contributed by atoms with van der Waals surface area (Å²) in [4.78, 5) is 0. The van der Waals surface area contributed by atoms with Crippen molar-refractivity contribution in [2.45, 2.75) is 18.8 Å². The van der Waals surface area contributed by atoms with E-state index in [-0.39, 0.29) is 0 Å². The van der Waals surface area contributed by atoms with Crippen LogP contribution >= 0.6 is 0 Å². The van der Waals surface area contributed by atoms with Crippen LogP contribution in [0.1, 0.15) is 24.3 Å². The standard InChI is InChI=1S/C11H13BO2/c13-12(14)11-8-4-3-7-10(11)9-5-1-2-6-9/h1-4,7-9,13-14H,5-6H2. The number of benzene rings is 1. The largest absolute Gasteiger partial charge is 0.488 e. The van der Waals surface area contributed by atoms with E-state index in [1.165, 1.54) is 0 Å². The van der Waals surface area contributed by atoms with Gasteiger partial charge in [0, 0.05) is 0 Å². The topological polar surface area (TPSA) is 40.5 Å². The van der Waals surface area contributed by atoms with E-state index in [2.05, 4.69) is 12.2 Å². The lowest BCUT2D eigenvalue weighted by molar-refractivity contribution is 0.425. The van der Waals surface area contributed by atoms with Gasteiger partial charge < -0.3 is 10.0 Å². The van der Waals surface area contributed by atoms with Crippen LogP contribution in [0.15, 0.2) is 36.4 Å². The van der Waals surface area contributed by atoms with Gasteiger partial charge in [-0.2, -0.15) is 0 Å². The van der Waals surface area contributed by atoms with Crippen LogP contribution in [0.25, 0.3) is 0 Å². The average Bonchev–Trinajstić information content (AvgIpc) is 2.70. The van der Waals surface area contributed by atoms with Gasteiger partial charge in [-0.1, -0.05) is 36.4 Å². The minimum Gasteiger partial charge on any atom is -0.423 e. The monoisotopic (exact) mass is 188 g/mol. The van der Waals surface area contributed by atoms with Crippen molar-refractivity contribution in [3.05, 3.63) is 42.0 Å². The molecule has 1 aromatic carbocycles. The number of rotatable bonds is 2. The molecule has 1 aliphatic carbocycles. The van der Waals surface area contributed by atoms with Crippen molar-refractivity contribution >= 4 is 12.6 Å². The van der Waals surface area contributed by atoms with Crippen molar-refractivity contribution in [1.82, 2.24) is 0 Å². The van der Waals surface area contributed by atoms with Gasteiger partial charge >= 0.3 is 7.12 Å². The van der Waals surface area contributed by atoms with E-state index in [1.807, 2.05) is 18.2 Å². The highest BCUT2D eigenvalue weighted by Gasteiger charge is 2.21. The summed E-state index contributed by atoms with van der Waals surface area (Å²) in [5, 5.41) is 18.4. The summed E-state index contributed by atoms with van der Waals surface area (Å²) in [6.45, 7) is 0. The van der Waals surface area contributed by atoms with Crippen LogP contribution in [0.5, 0.6) is 0 Å². The van der Waals surface area contributed by atoms with Gasteiger partial charge in [0.25, 0.3) is 0 Å². The molecule has 0 radical (unpaired) electrons. The number of allylic oxidation sites excluding steroid dienone is 2. The normalized spacial score (nSPS) is 16.1. The molecule has 72 valence electrons. The summed E-state index contributed by atoms with van der Waals surface area (Å²) in [5.41, 5.74) is 1.70. The Morgan fingerprint density at radius 1 is 1.07 bits per heavy atom. The third kappa shape index (κ3) is 1.74. The average molecular weight is 188 g/mol. The lowest BCUT2D eigenvalue weighted by Gasteiger charge is -2.14. The predicted octanol–water partition coefficient (Wildman–Crippen LogP) is 0.800. The molecule has 1 aromatic rings. The molecule has 2 rings (SSSR count). The van der Waals surface area contributed by atoms with Gasteiger partial charge in [0.15, 0.2) is 0 Å². The zero-order valence-corrected chi connectivity index (χ0v) is 7.93. The molecular weight excluding hydrogens is 175 g/mol. The summed E-state index contributed by atoms with van der Waals surface area (Å²) in [6.07, 6.45) is 6.30. The first-order chi connectivity index (χ1) is 6.79. The lowest BCUT2D eigenvalue weighted by atomic mass is 9.73. The maximum Gasteiger partial charge on any atom is 0.488 e. The van der Waals surface area contributed by atoms with Crippen molar-refractivity contribution in [3.8, 4) is 0 Å². The highest BCUT2D eigenvalue weighted by atomic mass is 16.4. The smallest absolute Gasteiger partial charge is 0.423 e. The van der Waals surface area contributed by atoms with Gasteiger partial charge in [0.1, 0.15) is 0 Å². The summed E-state index contributed by atoms with van der Waals surface area (Å²) in [6, 6.07) is 7.53. The van der Waals surface area contributed by atoms with E-state index in [0.717, 1.165) is 18.4 Å². The quantitative estimate of drug-likeness (QED) is 0.532. The predicted molar refractivity (Wildman–Crippen MR) is 57.4 cm³/mol. The molecule has 0 atom stereocenters. The molecule has 2 nitrogen and oxygen atoms in total. The molecule has 0 saturated carbocycles. The molecule has 0 unspecified atom stereocenters. The summed E-state index contributed by atoms with van der Waals surface area (Å²) in [5.74, 6) is 0.424. The molecule has 1 aliphatic rings. The molecule has 0 aliphatic heterocycles. The van der Waals surface area contributed by atoms with Crippen LogP contribution in [0.4, 0.5) is 0 Å². The minimum absolute atomic E-state index is 0.424. The first-order valence-electron chi connectivity index (χ1n) is 4.89. The molecule has 0 fully saturated rings. The maximum absolute atomic E-state index is 9.20. The van der Waals surface area contributed by atoms with Crippen LogP contribution in [0.3, 0.4) is 0 Å². The molecule has 2 N–H and O–H groups in total. The van der Waals surface area contributed by atoms with E-state index in [9.17, 15) is 10.0 Å². The molecule has 0 aromatic heterocycles. The van der Waals surface area contributed by atoms with E-state index in [1.54, 1.807) is 6.07 Å². The highest BCUT2D eigenvalue weighted by molar-refractivity contribution is 6.59. The Morgan fingerprint density at radius 2 is 1.71 bits per heavy atom. The second-order valence-corrected chi connectivity index (χ2v) is 3.64. The summed E-state index contributed by atoms with van der Waals surface area (Å²) in [7, 11) is -1.35. The molecule has 0 heterocycles.